The van der Waals surface area contributed by atoms with Crippen LogP contribution in [0.4, 0.5) is 11.5 Å². The SMILES string of the molecule is CC1CCC2(CC1)Nc1nc(Cl)ncc1NC2=O. The molecule has 6 heteroatoms. The molecule has 2 heterocycles. The first kappa shape index (κ1) is 11.7. The summed E-state index contributed by atoms with van der Waals surface area (Å²) in [6.07, 6.45) is 5.30. The molecule has 1 spiro atoms. The summed E-state index contributed by atoms with van der Waals surface area (Å²) in [5.41, 5.74) is 0.0886. The summed E-state index contributed by atoms with van der Waals surface area (Å²) < 4.78 is 0. The Kier molecular flexibility index (Phi) is 2.66. The number of carbonyl (C=O) groups excluding carboxylic acids is 1. The van der Waals surface area contributed by atoms with Crippen molar-refractivity contribution in [2.24, 2.45) is 5.92 Å². The minimum atomic E-state index is -0.517. The van der Waals surface area contributed by atoms with Gasteiger partial charge in [0.25, 0.3) is 0 Å². The lowest BCUT2D eigenvalue weighted by atomic mass is 9.76. The van der Waals surface area contributed by atoms with Gasteiger partial charge in [0, 0.05) is 0 Å². The molecule has 1 fully saturated rings. The van der Waals surface area contributed by atoms with Gasteiger partial charge < -0.3 is 10.6 Å². The van der Waals surface area contributed by atoms with E-state index in [-0.39, 0.29) is 11.2 Å². The van der Waals surface area contributed by atoms with E-state index in [1.807, 2.05) is 0 Å². The summed E-state index contributed by atoms with van der Waals surface area (Å²) in [6, 6.07) is 0. The van der Waals surface area contributed by atoms with Gasteiger partial charge in [-0.3, -0.25) is 4.79 Å². The van der Waals surface area contributed by atoms with E-state index in [1.54, 1.807) is 0 Å². The Balaban J connectivity index is 1.93. The molecule has 0 atom stereocenters. The van der Waals surface area contributed by atoms with Crippen molar-refractivity contribution in [1.29, 1.82) is 0 Å². The quantitative estimate of drug-likeness (QED) is 0.708. The second-order valence-corrected chi connectivity index (χ2v) is 5.58. The maximum Gasteiger partial charge on any atom is 0.250 e. The Labute approximate surface area is 110 Å². The zero-order valence-electron chi connectivity index (χ0n) is 10.2. The zero-order chi connectivity index (χ0) is 12.8. The van der Waals surface area contributed by atoms with Gasteiger partial charge in [-0.25, -0.2) is 4.98 Å². The number of aromatic nitrogens is 2. The third-order valence-corrected chi connectivity index (χ3v) is 4.11. The smallest absolute Gasteiger partial charge is 0.250 e. The zero-order valence-corrected chi connectivity index (χ0v) is 10.9. The van der Waals surface area contributed by atoms with E-state index in [9.17, 15) is 4.79 Å². The molecule has 2 N–H and O–H groups in total. The third-order valence-electron chi connectivity index (χ3n) is 3.93. The van der Waals surface area contributed by atoms with E-state index in [0.717, 1.165) is 25.7 Å². The fraction of sp³-hybridized carbons (Fsp3) is 0.583. The van der Waals surface area contributed by atoms with Crippen LogP contribution in [0.5, 0.6) is 0 Å². The average Bonchev–Trinajstić information content (AvgIpc) is 2.35. The number of halogens is 1. The molecular formula is C12H15ClN4O. The maximum atomic E-state index is 12.3. The van der Waals surface area contributed by atoms with Crippen molar-refractivity contribution < 1.29 is 4.79 Å². The Bertz CT molecular complexity index is 497. The molecule has 18 heavy (non-hydrogen) atoms. The minimum Gasteiger partial charge on any atom is -0.354 e. The molecule has 1 aliphatic carbocycles. The monoisotopic (exact) mass is 266 g/mol. The van der Waals surface area contributed by atoms with Gasteiger partial charge in [0.05, 0.1) is 6.20 Å². The molecule has 0 bridgehead atoms. The third kappa shape index (κ3) is 1.82. The van der Waals surface area contributed by atoms with Gasteiger partial charge in [-0.2, -0.15) is 4.98 Å². The van der Waals surface area contributed by atoms with Gasteiger partial charge in [0.1, 0.15) is 11.2 Å². The topological polar surface area (TPSA) is 66.9 Å². The van der Waals surface area contributed by atoms with E-state index in [0.29, 0.717) is 17.4 Å². The summed E-state index contributed by atoms with van der Waals surface area (Å²) in [6.45, 7) is 2.22. The first-order valence-corrected chi connectivity index (χ1v) is 6.59. The van der Waals surface area contributed by atoms with Crippen LogP contribution in [-0.4, -0.2) is 21.4 Å². The standard InChI is InChI=1S/C12H15ClN4O/c1-7-2-4-12(5-3-7)10(18)15-8-6-14-11(13)16-9(8)17-12/h6-7H,2-5H2,1H3,(H,15,18)(H,14,16,17). The number of anilines is 2. The van der Waals surface area contributed by atoms with Crippen molar-refractivity contribution in [2.45, 2.75) is 38.1 Å². The number of amides is 1. The number of rotatable bonds is 0. The van der Waals surface area contributed by atoms with Crippen LogP contribution in [-0.2, 0) is 4.79 Å². The maximum absolute atomic E-state index is 12.3. The van der Waals surface area contributed by atoms with E-state index in [2.05, 4.69) is 27.5 Å². The Morgan fingerprint density at radius 1 is 1.44 bits per heavy atom. The second-order valence-electron chi connectivity index (χ2n) is 5.25. The second kappa shape index (κ2) is 4.09. The van der Waals surface area contributed by atoms with Crippen LogP contribution >= 0.6 is 11.6 Å². The molecule has 2 aliphatic rings. The van der Waals surface area contributed by atoms with Crippen LogP contribution in [0.2, 0.25) is 5.28 Å². The number of carbonyl (C=O) groups is 1. The number of fused-ring (bicyclic) bond motifs is 1. The van der Waals surface area contributed by atoms with Gasteiger partial charge in [-0.15, -0.1) is 0 Å². The first-order valence-electron chi connectivity index (χ1n) is 6.21. The number of hydrogen-bond acceptors (Lipinski definition) is 4. The molecule has 1 aromatic rings. The van der Waals surface area contributed by atoms with Gasteiger partial charge in [-0.05, 0) is 43.2 Å². The predicted octanol–water partition coefficient (Wildman–Crippen LogP) is 2.44. The molecule has 1 amide bonds. The van der Waals surface area contributed by atoms with E-state index < -0.39 is 5.54 Å². The largest absolute Gasteiger partial charge is 0.354 e. The lowest BCUT2D eigenvalue weighted by Crippen LogP contribution is -2.54. The lowest BCUT2D eigenvalue weighted by Gasteiger charge is -2.41. The average molecular weight is 267 g/mol. The van der Waals surface area contributed by atoms with E-state index >= 15 is 0 Å². The highest BCUT2D eigenvalue weighted by Gasteiger charge is 2.44. The van der Waals surface area contributed by atoms with Crippen molar-refractivity contribution >= 4 is 29.0 Å². The summed E-state index contributed by atoms with van der Waals surface area (Å²) in [5, 5.41) is 6.34. The van der Waals surface area contributed by atoms with Crippen LogP contribution in [0, 0.1) is 5.92 Å². The first-order chi connectivity index (χ1) is 8.59. The molecule has 0 radical (unpaired) electrons. The number of nitrogens with one attached hydrogen (secondary N) is 2. The van der Waals surface area contributed by atoms with Gasteiger partial charge in [0.15, 0.2) is 5.82 Å². The Morgan fingerprint density at radius 3 is 2.89 bits per heavy atom. The highest BCUT2D eigenvalue weighted by atomic mass is 35.5. The molecule has 0 aromatic carbocycles. The van der Waals surface area contributed by atoms with Crippen molar-refractivity contribution in [2.75, 3.05) is 10.6 Å². The summed E-state index contributed by atoms with van der Waals surface area (Å²) in [7, 11) is 0. The summed E-state index contributed by atoms with van der Waals surface area (Å²) >= 11 is 5.79. The fourth-order valence-electron chi connectivity index (χ4n) is 2.68. The Morgan fingerprint density at radius 2 is 2.17 bits per heavy atom. The normalized spacial score (nSPS) is 30.6. The van der Waals surface area contributed by atoms with Gasteiger partial charge in [-0.1, -0.05) is 6.92 Å². The summed E-state index contributed by atoms with van der Waals surface area (Å²) in [4.78, 5) is 20.3. The van der Waals surface area contributed by atoms with Crippen LogP contribution in [0.25, 0.3) is 0 Å². The molecule has 96 valence electrons. The lowest BCUT2D eigenvalue weighted by molar-refractivity contribution is -0.121. The molecule has 0 saturated heterocycles. The predicted molar refractivity (Wildman–Crippen MR) is 69.7 cm³/mol. The molecule has 0 unspecified atom stereocenters. The molecule has 1 aromatic heterocycles. The summed E-state index contributed by atoms with van der Waals surface area (Å²) in [5.74, 6) is 1.33. The van der Waals surface area contributed by atoms with Crippen LogP contribution < -0.4 is 10.6 Å². The molecule has 1 saturated carbocycles. The van der Waals surface area contributed by atoms with Crippen LogP contribution in [0.15, 0.2) is 6.20 Å². The van der Waals surface area contributed by atoms with Crippen molar-refractivity contribution in [3.8, 4) is 0 Å². The fourth-order valence-corrected chi connectivity index (χ4v) is 2.81. The van der Waals surface area contributed by atoms with Crippen molar-refractivity contribution in [3.63, 3.8) is 0 Å². The van der Waals surface area contributed by atoms with E-state index in [1.165, 1.54) is 6.20 Å². The molecule has 3 rings (SSSR count). The number of hydrogen-bond donors (Lipinski definition) is 2. The highest BCUT2D eigenvalue weighted by molar-refractivity contribution is 6.28. The van der Waals surface area contributed by atoms with Gasteiger partial charge in [0.2, 0.25) is 11.2 Å². The number of nitrogens with zero attached hydrogens (tertiary/aromatic N) is 2. The highest BCUT2D eigenvalue weighted by Crippen LogP contribution is 2.39. The van der Waals surface area contributed by atoms with E-state index in [4.69, 9.17) is 11.6 Å². The molecule has 5 nitrogen and oxygen atoms in total. The molecule has 1 aliphatic heterocycles. The minimum absolute atomic E-state index is 0.0211. The Hall–Kier alpha value is -1.36. The van der Waals surface area contributed by atoms with Crippen LogP contribution in [0.1, 0.15) is 32.6 Å². The van der Waals surface area contributed by atoms with Gasteiger partial charge >= 0.3 is 0 Å². The molecular weight excluding hydrogens is 252 g/mol. The van der Waals surface area contributed by atoms with Crippen molar-refractivity contribution in [1.82, 2.24) is 9.97 Å². The van der Waals surface area contributed by atoms with Crippen molar-refractivity contribution in [3.05, 3.63) is 11.5 Å². The van der Waals surface area contributed by atoms with Crippen LogP contribution in [0.3, 0.4) is 0 Å².